The average Bonchev–Trinajstić information content (AvgIpc) is 2.78. The van der Waals surface area contributed by atoms with Crippen molar-refractivity contribution in [2.45, 2.75) is 18.7 Å². The fraction of sp³-hybridized carbons (Fsp3) is 0.667. The number of benzene rings is 1. The van der Waals surface area contributed by atoms with E-state index in [4.69, 9.17) is 0 Å². The molecule has 2 fully saturated rings. The highest BCUT2D eigenvalue weighted by Gasteiger charge is 2.31. The van der Waals surface area contributed by atoms with Gasteiger partial charge in [0.25, 0.3) is 5.69 Å². The zero-order valence-corrected chi connectivity index (χ0v) is 20.4. The van der Waals surface area contributed by atoms with Gasteiger partial charge in [-0.2, -0.15) is 4.31 Å². The second-order valence-corrected chi connectivity index (χ2v) is 11.0. The van der Waals surface area contributed by atoms with Crippen LogP contribution in [0.15, 0.2) is 23.1 Å². The summed E-state index contributed by atoms with van der Waals surface area (Å²) < 4.78 is 27.4. The molecule has 1 N–H and O–H groups in total. The van der Waals surface area contributed by atoms with Crippen LogP contribution in [0.3, 0.4) is 0 Å². The zero-order chi connectivity index (χ0) is 24.2. The van der Waals surface area contributed by atoms with Crippen molar-refractivity contribution in [1.82, 2.24) is 19.4 Å². The maximum atomic E-state index is 13.0. The molecule has 0 aromatic heterocycles. The fourth-order valence-electron chi connectivity index (χ4n) is 3.98. The summed E-state index contributed by atoms with van der Waals surface area (Å²) in [4.78, 5) is 29.2. The van der Waals surface area contributed by atoms with E-state index in [1.165, 1.54) is 22.5 Å². The van der Waals surface area contributed by atoms with Gasteiger partial charge < -0.3 is 15.1 Å². The number of carbonyl (C=O) groups excluding carboxylic acids is 1. The van der Waals surface area contributed by atoms with E-state index >= 15 is 0 Å². The largest absolute Gasteiger partial charge is 0.363 e. The summed E-state index contributed by atoms with van der Waals surface area (Å²) in [7, 11) is -1.86. The number of piperazine rings is 2. The number of likely N-dealkylation sites (N-methyl/N-ethyl adjacent to an activating group) is 1. The number of nitro benzene ring substituents is 1. The molecule has 2 saturated heterocycles. The Morgan fingerprint density at radius 3 is 2.30 bits per heavy atom. The van der Waals surface area contributed by atoms with Crippen LogP contribution in [-0.2, 0) is 14.8 Å². The van der Waals surface area contributed by atoms with Crippen molar-refractivity contribution in [2.75, 3.05) is 77.4 Å². The van der Waals surface area contributed by atoms with Crippen LogP contribution in [0, 0.1) is 16.0 Å². The Balaban J connectivity index is 1.68. The number of anilines is 1. The lowest BCUT2D eigenvalue weighted by Gasteiger charge is -2.35. The van der Waals surface area contributed by atoms with E-state index in [0.29, 0.717) is 77.1 Å². The number of nitro groups is 1. The molecule has 1 aromatic rings. The lowest BCUT2D eigenvalue weighted by atomic mass is 10.2. The second-order valence-electron chi connectivity index (χ2n) is 9.08. The molecule has 184 valence electrons. The Bertz CT molecular complexity index is 954. The average molecular weight is 483 g/mol. The number of sulfonamides is 1. The van der Waals surface area contributed by atoms with Crippen LogP contribution >= 0.6 is 0 Å². The first-order valence-corrected chi connectivity index (χ1v) is 12.7. The standard InChI is InChI=1S/C21H34N6O5S/c1-17(2)15-22-21(28)16-24-8-10-25(11-9-24)19-5-4-18(14-20(19)27(29)30)33(31,32)26-12-6-23(3)7-13-26/h4-5,14,17H,6-13,15-16H2,1-3H3,(H,22,28). The maximum Gasteiger partial charge on any atom is 0.293 e. The first-order valence-electron chi connectivity index (χ1n) is 11.3. The monoisotopic (exact) mass is 482 g/mol. The van der Waals surface area contributed by atoms with E-state index in [9.17, 15) is 23.3 Å². The van der Waals surface area contributed by atoms with Crippen molar-refractivity contribution in [3.05, 3.63) is 28.3 Å². The molecule has 0 saturated carbocycles. The van der Waals surface area contributed by atoms with Gasteiger partial charge in [0.1, 0.15) is 5.69 Å². The van der Waals surface area contributed by atoms with Crippen LogP contribution in [0.2, 0.25) is 0 Å². The Hall–Kier alpha value is -2.28. The minimum Gasteiger partial charge on any atom is -0.363 e. The molecule has 0 aliphatic carbocycles. The quantitative estimate of drug-likeness (QED) is 0.418. The maximum absolute atomic E-state index is 13.0. The van der Waals surface area contributed by atoms with Crippen LogP contribution in [0.1, 0.15) is 13.8 Å². The number of hydrogen-bond donors (Lipinski definition) is 1. The number of nitrogens with one attached hydrogen (secondary N) is 1. The molecular formula is C21H34N6O5S. The van der Waals surface area contributed by atoms with Crippen LogP contribution in [0.4, 0.5) is 11.4 Å². The second kappa shape index (κ2) is 10.8. The highest BCUT2D eigenvalue weighted by Crippen LogP contribution is 2.32. The van der Waals surface area contributed by atoms with E-state index < -0.39 is 14.9 Å². The first-order chi connectivity index (χ1) is 15.6. The van der Waals surface area contributed by atoms with Crippen molar-refractivity contribution in [3.8, 4) is 0 Å². The number of amides is 1. The first kappa shape index (κ1) is 25.3. The van der Waals surface area contributed by atoms with Crippen molar-refractivity contribution in [2.24, 2.45) is 5.92 Å². The van der Waals surface area contributed by atoms with Crippen LogP contribution < -0.4 is 10.2 Å². The Kier molecular flexibility index (Phi) is 8.27. The summed E-state index contributed by atoms with van der Waals surface area (Å²) in [5, 5.41) is 14.7. The minimum atomic E-state index is -3.79. The third-order valence-corrected chi connectivity index (χ3v) is 7.93. The molecule has 1 aromatic carbocycles. The summed E-state index contributed by atoms with van der Waals surface area (Å²) in [6, 6.07) is 4.17. The highest BCUT2D eigenvalue weighted by atomic mass is 32.2. The van der Waals surface area contributed by atoms with Gasteiger partial charge in [-0.3, -0.25) is 19.8 Å². The lowest BCUT2D eigenvalue weighted by Crippen LogP contribution is -2.50. The molecule has 33 heavy (non-hydrogen) atoms. The topological polar surface area (TPSA) is 119 Å². The Morgan fingerprint density at radius 1 is 1.09 bits per heavy atom. The summed E-state index contributed by atoms with van der Waals surface area (Å²) in [5.74, 6) is 0.357. The van der Waals surface area contributed by atoms with E-state index in [1.807, 2.05) is 35.6 Å². The molecule has 0 radical (unpaired) electrons. The van der Waals surface area contributed by atoms with Gasteiger partial charge in [-0.1, -0.05) is 13.8 Å². The third-order valence-electron chi connectivity index (χ3n) is 6.03. The van der Waals surface area contributed by atoms with Gasteiger partial charge in [0.2, 0.25) is 15.9 Å². The summed E-state index contributed by atoms with van der Waals surface area (Å²) in [6.07, 6.45) is 0. The Morgan fingerprint density at radius 2 is 1.73 bits per heavy atom. The third kappa shape index (κ3) is 6.40. The van der Waals surface area contributed by atoms with Gasteiger partial charge >= 0.3 is 0 Å². The minimum absolute atomic E-state index is 0.0263. The van der Waals surface area contributed by atoms with Crippen molar-refractivity contribution < 1.29 is 18.1 Å². The van der Waals surface area contributed by atoms with Crippen molar-refractivity contribution >= 4 is 27.3 Å². The van der Waals surface area contributed by atoms with Crippen LogP contribution in [0.5, 0.6) is 0 Å². The fourth-order valence-corrected chi connectivity index (χ4v) is 5.42. The van der Waals surface area contributed by atoms with Gasteiger partial charge in [0, 0.05) is 65.0 Å². The van der Waals surface area contributed by atoms with Gasteiger partial charge in [0.15, 0.2) is 0 Å². The summed E-state index contributed by atoms with van der Waals surface area (Å²) in [6.45, 7) is 9.19. The van der Waals surface area contributed by atoms with Gasteiger partial charge in [-0.25, -0.2) is 8.42 Å². The highest BCUT2D eigenvalue weighted by molar-refractivity contribution is 7.89. The SMILES string of the molecule is CC(C)CNC(=O)CN1CCN(c2ccc(S(=O)(=O)N3CCN(C)CC3)cc2[N+](=O)[O-])CC1. The predicted octanol–water partition coefficient (Wildman–Crippen LogP) is 0.425. The molecule has 3 rings (SSSR count). The molecule has 12 heteroatoms. The molecule has 0 atom stereocenters. The summed E-state index contributed by atoms with van der Waals surface area (Å²) >= 11 is 0. The molecule has 0 bridgehead atoms. The molecule has 2 heterocycles. The molecule has 0 unspecified atom stereocenters. The molecule has 11 nitrogen and oxygen atoms in total. The molecule has 2 aliphatic heterocycles. The molecule has 0 spiro atoms. The van der Waals surface area contributed by atoms with Crippen LogP contribution in [0.25, 0.3) is 0 Å². The Labute approximate surface area is 195 Å². The molecule has 1 amide bonds. The van der Waals surface area contributed by atoms with E-state index in [1.54, 1.807) is 0 Å². The van der Waals surface area contributed by atoms with Gasteiger partial charge in [-0.15, -0.1) is 0 Å². The van der Waals surface area contributed by atoms with Crippen molar-refractivity contribution in [1.29, 1.82) is 0 Å². The van der Waals surface area contributed by atoms with E-state index in [-0.39, 0.29) is 16.5 Å². The van der Waals surface area contributed by atoms with E-state index in [2.05, 4.69) is 5.32 Å². The van der Waals surface area contributed by atoms with Gasteiger partial charge in [0.05, 0.1) is 16.4 Å². The van der Waals surface area contributed by atoms with E-state index in [0.717, 1.165) is 0 Å². The van der Waals surface area contributed by atoms with Crippen molar-refractivity contribution in [3.63, 3.8) is 0 Å². The number of nitrogens with zero attached hydrogens (tertiary/aromatic N) is 5. The zero-order valence-electron chi connectivity index (χ0n) is 19.6. The molecular weight excluding hydrogens is 448 g/mol. The number of carbonyl (C=O) groups is 1. The lowest BCUT2D eigenvalue weighted by molar-refractivity contribution is -0.384. The van der Waals surface area contributed by atoms with Gasteiger partial charge in [-0.05, 0) is 25.1 Å². The molecule has 2 aliphatic rings. The summed E-state index contributed by atoms with van der Waals surface area (Å²) in [5.41, 5.74) is 0.189. The smallest absolute Gasteiger partial charge is 0.293 e. The predicted molar refractivity (Wildman–Crippen MR) is 126 cm³/mol. The number of rotatable bonds is 8. The van der Waals surface area contributed by atoms with Crippen LogP contribution in [-0.4, -0.2) is 106 Å². The normalized spacial score (nSPS) is 19.1. The number of hydrogen-bond acceptors (Lipinski definition) is 8.